The molecule has 0 fully saturated rings. The minimum atomic E-state index is 0.0768. The number of rotatable bonds is 14. The lowest BCUT2D eigenvalue weighted by Gasteiger charge is -2.18. The Morgan fingerprint density at radius 3 is 2.30 bits per heavy atom. The van der Waals surface area contributed by atoms with Crippen molar-refractivity contribution in [1.82, 2.24) is 0 Å². The first-order chi connectivity index (χ1) is 17.9. The third kappa shape index (κ3) is 8.85. The lowest BCUT2D eigenvalue weighted by atomic mass is 9.95. The molecule has 0 aliphatic rings. The molecular formula is C32H42N2O3. The van der Waals surface area contributed by atoms with E-state index in [4.69, 9.17) is 9.47 Å². The number of hydrogen-bond donors (Lipinski definition) is 2. The lowest BCUT2D eigenvalue weighted by Crippen LogP contribution is -2.13. The molecule has 0 aromatic heterocycles. The second kappa shape index (κ2) is 14.3. The molecule has 0 radical (unpaired) electrons. The normalized spacial score (nSPS) is 11.7. The number of methoxy groups -OCH3 is 1. The van der Waals surface area contributed by atoms with Gasteiger partial charge in [-0.15, -0.1) is 0 Å². The zero-order valence-electron chi connectivity index (χ0n) is 23.0. The van der Waals surface area contributed by atoms with Crippen molar-refractivity contribution in [2.75, 3.05) is 17.7 Å². The van der Waals surface area contributed by atoms with Gasteiger partial charge >= 0.3 is 0 Å². The molecule has 0 bridgehead atoms. The van der Waals surface area contributed by atoms with Crippen LogP contribution in [0.25, 0.3) is 0 Å². The van der Waals surface area contributed by atoms with Crippen LogP contribution in [-0.4, -0.2) is 13.0 Å². The average Bonchev–Trinajstić information content (AvgIpc) is 2.90. The van der Waals surface area contributed by atoms with Crippen LogP contribution in [0.2, 0.25) is 0 Å². The number of nitrogens with one attached hydrogen (secondary N) is 2. The molecule has 2 N–H and O–H groups in total. The molecule has 1 unspecified atom stereocenters. The summed E-state index contributed by atoms with van der Waals surface area (Å²) in [5, 5.41) is 6.61. The monoisotopic (exact) mass is 502 g/mol. The molecule has 0 aliphatic heterocycles. The highest BCUT2D eigenvalue weighted by Gasteiger charge is 2.12. The van der Waals surface area contributed by atoms with Gasteiger partial charge in [0.15, 0.2) is 0 Å². The minimum Gasteiger partial charge on any atom is -0.497 e. The zero-order valence-corrected chi connectivity index (χ0v) is 23.0. The summed E-state index contributed by atoms with van der Waals surface area (Å²) >= 11 is 0. The van der Waals surface area contributed by atoms with Crippen molar-refractivity contribution in [2.45, 2.75) is 72.3 Å². The molecule has 1 amide bonds. The van der Waals surface area contributed by atoms with E-state index >= 15 is 0 Å². The molecule has 3 aromatic carbocycles. The standard InChI is InChI=1S/C32H42N2O3/c1-6-9-24(7-2)14-19-32(35)34-27-11-8-10-26(20-27)33-31-18-17-29(21-30(31)23(3)4)37-22-25-12-15-28(36-5)16-13-25/h8,10-13,15-18,20-21,23-24,33H,6-7,9,14,19,22H2,1-5H3,(H,34,35). The fraction of sp³-hybridized carbons (Fsp3) is 0.406. The second-order valence-electron chi connectivity index (χ2n) is 9.90. The number of ether oxygens (including phenoxy) is 2. The summed E-state index contributed by atoms with van der Waals surface area (Å²) in [7, 11) is 1.66. The van der Waals surface area contributed by atoms with Gasteiger partial charge in [-0.05, 0) is 77.9 Å². The summed E-state index contributed by atoms with van der Waals surface area (Å²) in [5.41, 5.74) is 5.03. The summed E-state index contributed by atoms with van der Waals surface area (Å²) in [6.45, 7) is 9.25. The largest absolute Gasteiger partial charge is 0.497 e. The first-order valence-electron chi connectivity index (χ1n) is 13.5. The molecule has 37 heavy (non-hydrogen) atoms. The molecule has 0 saturated carbocycles. The number of hydrogen-bond acceptors (Lipinski definition) is 4. The average molecular weight is 503 g/mol. The van der Waals surface area contributed by atoms with Crippen molar-refractivity contribution in [1.29, 1.82) is 0 Å². The summed E-state index contributed by atoms with van der Waals surface area (Å²) in [6.07, 6.45) is 4.99. The molecule has 0 saturated heterocycles. The van der Waals surface area contributed by atoms with Gasteiger partial charge in [0, 0.05) is 23.5 Å². The molecule has 0 heterocycles. The Labute approximate surface area is 222 Å². The van der Waals surface area contributed by atoms with Crippen LogP contribution in [0.4, 0.5) is 17.1 Å². The third-order valence-electron chi connectivity index (χ3n) is 6.69. The molecule has 0 spiro atoms. The Kier molecular flexibility index (Phi) is 10.9. The zero-order chi connectivity index (χ0) is 26.6. The topological polar surface area (TPSA) is 59.6 Å². The van der Waals surface area contributed by atoms with E-state index in [2.05, 4.69) is 50.5 Å². The molecule has 0 aliphatic carbocycles. The van der Waals surface area contributed by atoms with Gasteiger partial charge in [-0.25, -0.2) is 0 Å². The maximum atomic E-state index is 12.5. The van der Waals surface area contributed by atoms with Crippen molar-refractivity contribution >= 4 is 23.0 Å². The number of benzene rings is 3. The Morgan fingerprint density at radius 2 is 1.62 bits per heavy atom. The van der Waals surface area contributed by atoms with Crippen molar-refractivity contribution in [3.8, 4) is 11.5 Å². The minimum absolute atomic E-state index is 0.0768. The Bertz CT molecular complexity index is 1130. The Balaban J connectivity index is 1.63. The van der Waals surface area contributed by atoms with Crippen molar-refractivity contribution in [3.05, 3.63) is 77.9 Å². The maximum absolute atomic E-state index is 12.5. The molecule has 5 nitrogen and oxygen atoms in total. The van der Waals surface area contributed by atoms with E-state index in [-0.39, 0.29) is 5.91 Å². The molecule has 1 atom stereocenters. The Hall–Kier alpha value is -3.47. The predicted octanol–water partition coefficient (Wildman–Crippen LogP) is 8.69. The second-order valence-corrected chi connectivity index (χ2v) is 9.90. The summed E-state index contributed by atoms with van der Waals surface area (Å²) < 4.78 is 11.3. The van der Waals surface area contributed by atoms with E-state index in [1.807, 2.05) is 54.6 Å². The maximum Gasteiger partial charge on any atom is 0.224 e. The van der Waals surface area contributed by atoms with Gasteiger partial charge in [0.2, 0.25) is 5.91 Å². The molecule has 5 heteroatoms. The first-order valence-corrected chi connectivity index (χ1v) is 13.5. The van der Waals surface area contributed by atoms with E-state index in [9.17, 15) is 4.79 Å². The van der Waals surface area contributed by atoms with Gasteiger partial charge < -0.3 is 20.1 Å². The quantitative estimate of drug-likeness (QED) is 0.231. The lowest BCUT2D eigenvalue weighted by molar-refractivity contribution is -0.116. The van der Waals surface area contributed by atoms with Crippen LogP contribution in [0.3, 0.4) is 0 Å². The Morgan fingerprint density at radius 1 is 0.892 bits per heavy atom. The molecule has 3 aromatic rings. The van der Waals surface area contributed by atoms with E-state index in [0.29, 0.717) is 24.9 Å². The number of amides is 1. The fourth-order valence-electron chi connectivity index (χ4n) is 4.46. The highest BCUT2D eigenvalue weighted by atomic mass is 16.5. The van der Waals surface area contributed by atoms with E-state index < -0.39 is 0 Å². The summed E-state index contributed by atoms with van der Waals surface area (Å²) in [5.74, 6) is 2.68. The number of anilines is 3. The van der Waals surface area contributed by atoms with Crippen molar-refractivity contribution in [2.24, 2.45) is 5.92 Å². The SMILES string of the molecule is CCCC(CC)CCC(=O)Nc1cccc(Nc2ccc(OCc3ccc(OC)cc3)cc2C(C)C)c1. The highest BCUT2D eigenvalue weighted by Crippen LogP contribution is 2.32. The van der Waals surface area contributed by atoms with E-state index in [1.165, 1.54) is 18.4 Å². The van der Waals surface area contributed by atoms with Gasteiger partial charge in [0.25, 0.3) is 0 Å². The van der Waals surface area contributed by atoms with Crippen LogP contribution < -0.4 is 20.1 Å². The molecular weight excluding hydrogens is 460 g/mol. The van der Waals surface area contributed by atoms with Crippen LogP contribution in [0.5, 0.6) is 11.5 Å². The number of carbonyl (C=O) groups excluding carboxylic acids is 1. The first kappa shape index (κ1) is 28.1. The molecule has 198 valence electrons. The van der Waals surface area contributed by atoms with Crippen LogP contribution in [0.15, 0.2) is 66.7 Å². The summed E-state index contributed by atoms with van der Waals surface area (Å²) in [6, 6.07) is 22.0. The van der Waals surface area contributed by atoms with Crippen LogP contribution in [0, 0.1) is 5.92 Å². The van der Waals surface area contributed by atoms with Crippen molar-refractivity contribution < 1.29 is 14.3 Å². The van der Waals surface area contributed by atoms with Gasteiger partial charge in [0.1, 0.15) is 18.1 Å². The summed E-state index contributed by atoms with van der Waals surface area (Å²) in [4.78, 5) is 12.5. The van der Waals surface area contributed by atoms with Gasteiger partial charge in [-0.2, -0.15) is 0 Å². The third-order valence-corrected chi connectivity index (χ3v) is 6.69. The van der Waals surface area contributed by atoms with Gasteiger partial charge in [0.05, 0.1) is 7.11 Å². The van der Waals surface area contributed by atoms with Crippen LogP contribution in [0.1, 0.15) is 76.8 Å². The fourth-order valence-corrected chi connectivity index (χ4v) is 4.46. The van der Waals surface area contributed by atoms with Gasteiger partial charge in [-0.1, -0.05) is 65.2 Å². The smallest absolute Gasteiger partial charge is 0.224 e. The van der Waals surface area contributed by atoms with Gasteiger partial charge in [-0.3, -0.25) is 4.79 Å². The van der Waals surface area contributed by atoms with Crippen molar-refractivity contribution in [3.63, 3.8) is 0 Å². The predicted molar refractivity (Wildman–Crippen MR) is 154 cm³/mol. The van der Waals surface area contributed by atoms with E-state index in [1.54, 1.807) is 7.11 Å². The highest BCUT2D eigenvalue weighted by molar-refractivity contribution is 5.91. The van der Waals surface area contributed by atoms with Crippen LogP contribution >= 0.6 is 0 Å². The molecule has 3 rings (SSSR count). The van der Waals surface area contributed by atoms with Crippen LogP contribution in [-0.2, 0) is 11.4 Å². The van der Waals surface area contributed by atoms with E-state index in [0.717, 1.165) is 47.0 Å². The number of carbonyl (C=O) groups is 1.